The van der Waals surface area contributed by atoms with Crippen molar-refractivity contribution in [1.82, 2.24) is 9.97 Å². The Bertz CT molecular complexity index is 630. The van der Waals surface area contributed by atoms with Crippen molar-refractivity contribution in [1.29, 1.82) is 0 Å². The van der Waals surface area contributed by atoms with E-state index >= 15 is 0 Å². The van der Waals surface area contributed by atoms with Crippen LogP contribution < -0.4 is 0 Å². The van der Waals surface area contributed by atoms with Gasteiger partial charge in [-0.1, -0.05) is 11.1 Å². The molecule has 5 heteroatoms. The Kier molecular flexibility index (Phi) is 3.62. The van der Waals surface area contributed by atoms with Crippen LogP contribution in [0, 0.1) is 17.7 Å². The summed E-state index contributed by atoms with van der Waals surface area (Å²) in [4.78, 5) is 7.82. The second kappa shape index (κ2) is 5.55. The molecule has 0 saturated heterocycles. The number of oxime groups is 1. The second-order valence-corrected chi connectivity index (χ2v) is 3.30. The summed E-state index contributed by atoms with van der Waals surface area (Å²) in [5, 5.41) is 11.1. The molecule has 0 bridgehead atoms. The van der Waals surface area contributed by atoms with E-state index in [9.17, 15) is 4.39 Å². The van der Waals surface area contributed by atoms with Gasteiger partial charge < -0.3 is 5.21 Å². The molecular weight excluding hydrogens is 233 g/mol. The standard InChI is InChI=1S/C13H8FN3O/c14-12-6-5-11(17-13(12)9-16-18)4-3-10-2-1-7-15-8-10/h1-2,5-9,18H/b16-9+. The van der Waals surface area contributed by atoms with E-state index in [-0.39, 0.29) is 5.69 Å². The fraction of sp³-hybridized carbons (Fsp3) is 0. The predicted molar refractivity (Wildman–Crippen MR) is 63.8 cm³/mol. The molecule has 0 atom stereocenters. The van der Waals surface area contributed by atoms with Gasteiger partial charge in [0, 0.05) is 18.0 Å². The highest BCUT2D eigenvalue weighted by atomic mass is 19.1. The Morgan fingerprint density at radius 2 is 2.17 bits per heavy atom. The number of hydrogen-bond acceptors (Lipinski definition) is 4. The van der Waals surface area contributed by atoms with Crippen LogP contribution in [0.2, 0.25) is 0 Å². The van der Waals surface area contributed by atoms with Crippen molar-refractivity contribution in [2.75, 3.05) is 0 Å². The van der Waals surface area contributed by atoms with Gasteiger partial charge in [-0.05, 0) is 30.2 Å². The molecule has 2 rings (SSSR count). The zero-order valence-electron chi connectivity index (χ0n) is 9.21. The Hall–Kier alpha value is -2.74. The van der Waals surface area contributed by atoms with Crippen LogP contribution >= 0.6 is 0 Å². The van der Waals surface area contributed by atoms with E-state index in [0.29, 0.717) is 5.69 Å². The van der Waals surface area contributed by atoms with E-state index in [1.807, 2.05) is 0 Å². The maximum Gasteiger partial charge on any atom is 0.150 e. The van der Waals surface area contributed by atoms with Crippen molar-refractivity contribution in [3.8, 4) is 11.8 Å². The number of hydrogen-bond donors (Lipinski definition) is 1. The molecule has 0 radical (unpaired) electrons. The second-order valence-electron chi connectivity index (χ2n) is 3.30. The highest BCUT2D eigenvalue weighted by Crippen LogP contribution is 2.03. The molecule has 0 unspecified atom stereocenters. The third-order valence-electron chi connectivity index (χ3n) is 2.05. The Labute approximate surface area is 103 Å². The van der Waals surface area contributed by atoms with E-state index in [2.05, 4.69) is 27.0 Å². The van der Waals surface area contributed by atoms with Crippen molar-refractivity contribution in [3.63, 3.8) is 0 Å². The van der Waals surface area contributed by atoms with Crippen LogP contribution in [0.1, 0.15) is 17.0 Å². The smallest absolute Gasteiger partial charge is 0.150 e. The fourth-order valence-electron chi connectivity index (χ4n) is 1.25. The number of halogens is 1. The molecule has 2 aromatic heterocycles. The summed E-state index contributed by atoms with van der Waals surface area (Å²) < 4.78 is 13.2. The molecule has 18 heavy (non-hydrogen) atoms. The Morgan fingerprint density at radius 3 is 2.89 bits per heavy atom. The lowest BCUT2D eigenvalue weighted by atomic mass is 10.2. The lowest BCUT2D eigenvalue weighted by Crippen LogP contribution is -1.95. The van der Waals surface area contributed by atoms with Gasteiger partial charge >= 0.3 is 0 Å². The summed E-state index contributed by atoms with van der Waals surface area (Å²) >= 11 is 0. The van der Waals surface area contributed by atoms with Gasteiger partial charge in [0.25, 0.3) is 0 Å². The van der Waals surface area contributed by atoms with Crippen LogP contribution in [0.5, 0.6) is 0 Å². The first-order chi connectivity index (χ1) is 8.79. The third-order valence-corrected chi connectivity index (χ3v) is 2.05. The first kappa shape index (κ1) is 11.7. The summed E-state index contributed by atoms with van der Waals surface area (Å²) in [5.74, 6) is 5.05. The van der Waals surface area contributed by atoms with Gasteiger partial charge in [-0.25, -0.2) is 9.37 Å². The van der Waals surface area contributed by atoms with Gasteiger partial charge in [0.1, 0.15) is 11.4 Å². The van der Waals surface area contributed by atoms with Crippen LogP contribution in [-0.4, -0.2) is 21.4 Å². The van der Waals surface area contributed by atoms with E-state index in [0.717, 1.165) is 11.8 Å². The van der Waals surface area contributed by atoms with Crippen molar-refractivity contribution in [2.45, 2.75) is 0 Å². The molecular formula is C13H8FN3O. The third kappa shape index (κ3) is 2.89. The normalized spacial score (nSPS) is 10.1. The fourth-order valence-corrected chi connectivity index (χ4v) is 1.25. The molecule has 0 aromatic carbocycles. The monoisotopic (exact) mass is 241 g/mol. The largest absolute Gasteiger partial charge is 0.411 e. The molecule has 88 valence electrons. The Balaban J connectivity index is 2.31. The van der Waals surface area contributed by atoms with E-state index in [1.165, 1.54) is 12.1 Å². The van der Waals surface area contributed by atoms with E-state index < -0.39 is 5.82 Å². The molecule has 0 fully saturated rings. The first-order valence-corrected chi connectivity index (χ1v) is 5.05. The van der Waals surface area contributed by atoms with Gasteiger partial charge in [0.2, 0.25) is 0 Å². The van der Waals surface area contributed by atoms with Gasteiger partial charge in [-0.3, -0.25) is 4.98 Å². The highest BCUT2D eigenvalue weighted by molar-refractivity contribution is 5.76. The molecule has 1 N–H and O–H groups in total. The summed E-state index contributed by atoms with van der Waals surface area (Å²) in [7, 11) is 0. The van der Waals surface area contributed by atoms with Gasteiger partial charge in [0.15, 0.2) is 5.82 Å². The van der Waals surface area contributed by atoms with Crippen LogP contribution in [0.15, 0.2) is 41.8 Å². The topological polar surface area (TPSA) is 58.4 Å². The molecule has 4 nitrogen and oxygen atoms in total. The van der Waals surface area contributed by atoms with Crippen LogP contribution in [-0.2, 0) is 0 Å². The van der Waals surface area contributed by atoms with Crippen molar-refractivity contribution in [2.24, 2.45) is 5.16 Å². The van der Waals surface area contributed by atoms with Crippen LogP contribution in [0.25, 0.3) is 0 Å². The highest BCUT2D eigenvalue weighted by Gasteiger charge is 2.01. The molecule has 0 aliphatic rings. The van der Waals surface area contributed by atoms with Crippen molar-refractivity contribution in [3.05, 3.63) is 59.4 Å². The lowest BCUT2D eigenvalue weighted by Gasteiger charge is -1.95. The van der Waals surface area contributed by atoms with Crippen LogP contribution in [0.4, 0.5) is 4.39 Å². The first-order valence-electron chi connectivity index (χ1n) is 5.05. The number of rotatable bonds is 1. The minimum absolute atomic E-state index is 0.0597. The lowest BCUT2D eigenvalue weighted by molar-refractivity contribution is 0.321. The molecule has 0 spiro atoms. The number of nitrogens with zero attached hydrogens (tertiary/aromatic N) is 3. The SMILES string of the molecule is O/N=C/c1nc(C#Cc2cccnc2)ccc1F. The number of aromatic nitrogens is 2. The minimum atomic E-state index is -0.570. The summed E-state index contributed by atoms with van der Waals surface area (Å²) in [6.07, 6.45) is 4.19. The van der Waals surface area contributed by atoms with E-state index in [4.69, 9.17) is 5.21 Å². The Morgan fingerprint density at radius 1 is 1.28 bits per heavy atom. The average molecular weight is 241 g/mol. The summed E-state index contributed by atoms with van der Waals surface area (Å²) in [6.45, 7) is 0. The van der Waals surface area contributed by atoms with Gasteiger partial charge in [0.05, 0.1) is 6.21 Å². The molecule has 0 aliphatic carbocycles. The van der Waals surface area contributed by atoms with Crippen LogP contribution in [0.3, 0.4) is 0 Å². The molecule has 2 heterocycles. The summed E-state index contributed by atoms with van der Waals surface area (Å²) in [6, 6.07) is 6.25. The van der Waals surface area contributed by atoms with E-state index in [1.54, 1.807) is 24.5 Å². The zero-order valence-corrected chi connectivity index (χ0v) is 9.21. The zero-order chi connectivity index (χ0) is 12.8. The minimum Gasteiger partial charge on any atom is -0.411 e. The van der Waals surface area contributed by atoms with Crippen molar-refractivity contribution < 1.29 is 9.60 Å². The molecule has 0 saturated carbocycles. The van der Waals surface area contributed by atoms with Crippen molar-refractivity contribution >= 4 is 6.21 Å². The van der Waals surface area contributed by atoms with Gasteiger partial charge in [-0.15, -0.1) is 0 Å². The predicted octanol–water partition coefficient (Wildman–Crippen LogP) is 1.82. The van der Waals surface area contributed by atoms with Gasteiger partial charge in [-0.2, -0.15) is 0 Å². The molecule has 2 aromatic rings. The maximum atomic E-state index is 13.2. The quantitative estimate of drug-likeness (QED) is 0.358. The molecule has 0 amide bonds. The number of pyridine rings is 2. The summed E-state index contributed by atoms with van der Waals surface area (Å²) in [5.41, 5.74) is 1.06. The maximum absolute atomic E-state index is 13.2. The molecule has 0 aliphatic heterocycles. The average Bonchev–Trinajstić information content (AvgIpc) is 2.41.